The SMILES string of the molecule is CCCCOCCCC.CCCCOCCO.OCCO. The molecule has 0 aliphatic carbocycles. The first kappa shape index (κ1) is 25.7. The lowest BCUT2D eigenvalue weighted by Crippen LogP contribution is -1.99. The quantitative estimate of drug-likeness (QED) is 0.482. The van der Waals surface area contributed by atoms with Gasteiger partial charge < -0.3 is 24.8 Å². The summed E-state index contributed by atoms with van der Waals surface area (Å²) in [5, 5.41) is 23.5. The number of hydrogen-bond donors (Lipinski definition) is 3. The third-order valence-corrected chi connectivity index (χ3v) is 2.26. The first-order valence-corrected chi connectivity index (χ1v) is 8.22. The van der Waals surface area contributed by atoms with Crippen molar-refractivity contribution in [2.75, 3.05) is 46.2 Å². The Kier molecular flexibility index (Phi) is 39.2. The molecule has 0 bridgehead atoms. The number of hydrogen-bond acceptors (Lipinski definition) is 5. The Labute approximate surface area is 131 Å². The van der Waals surface area contributed by atoms with Crippen LogP contribution in [0.15, 0.2) is 0 Å². The van der Waals surface area contributed by atoms with Gasteiger partial charge in [-0.05, 0) is 19.3 Å². The molecule has 0 aromatic heterocycles. The molecule has 0 rings (SSSR count). The number of aliphatic hydroxyl groups is 3. The molecular formula is C16H38O5. The maximum absolute atomic E-state index is 8.24. The van der Waals surface area contributed by atoms with E-state index in [1.165, 1.54) is 25.7 Å². The third-order valence-electron chi connectivity index (χ3n) is 2.26. The van der Waals surface area contributed by atoms with Crippen LogP contribution >= 0.6 is 0 Å². The fourth-order valence-electron chi connectivity index (χ4n) is 1.01. The van der Waals surface area contributed by atoms with Crippen molar-refractivity contribution in [2.45, 2.75) is 59.3 Å². The van der Waals surface area contributed by atoms with E-state index >= 15 is 0 Å². The first-order chi connectivity index (χ1) is 10.2. The number of rotatable bonds is 12. The molecule has 0 unspecified atom stereocenters. The Morgan fingerprint density at radius 3 is 1.10 bits per heavy atom. The van der Waals surface area contributed by atoms with Gasteiger partial charge in [-0.3, -0.25) is 0 Å². The van der Waals surface area contributed by atoms with Crippen LogP contribution < -0.4 is 0 Å². The molecule has 0 amide bonds. The second-order valence-corrected chi connectivity index (χ2v) is 4.46. The minimum atomic E-state index is -0.125. The normalized spacial score (nSPS) is 9.43. The molecule has 132 valence electrons. The predicted molar refractivity (Wildman–Crippen MR) is 87.6 cm³/mol. The zero-order valence-corrected chi connectivity index (χ0v) is 14.4. The van der Waals surface area contributed by atoms with Gasteiger partial charge in [-0.25, -0.2) is 0 Å². The van der Waals surface area contributed by atoms with Gasteiger partial charge >= 0.3 is 0 Å². The molecule has 0 aromatic rings. The minimum absolute atomic E-state index is 0.125. The van der Waals surface area contributed by atoms with Gasteiger partial charge in [0.05, 0.1) is 26.4 Å². The fourth-order valence-corrected chi connectivity index (χ4v) is 1.01. The molecule has 0 fully saturated rings. The third kappa shape index (κ3) is 45.1. The highest BCUT2D eigenvalue weighted by Gasteiger charge is 1.84. The lowest BCUT2D eigenvalue weighted by Gasteiger charge is -1.99. The van der Waals surface area contributed by atoms with E-state index in [0.717, 1.165) is 32.7 Å². The first-order valence-electron chi connectivity index (χ1n) is 8.22. The number of aliphatic hydroxyl groups excluding tert-OH is 3. The minimum Gasteiger partial charge on any atom is -0.394 e. The molecule has 0 radical (unpaired) electrons. The van der Waals surface area contributed by atoms with Gasteiger partial charge in [-0.2, -0.15) is 0 Å². The van der Waals surface area contributed by atoms with Crippen molar-refractivity contribution in [3.05, 3.63) is 0 Å². The molecule has 0 heterocycles. The van der Waals surface area contributed by atoms with Crippen LogP contribution in [0.3, 0.4) is 0 Å². The van der Waals surface area contributed by atoms with Crippen LogP contribution in [0.5, 0.6) is 0 Å². The Hall–Kier alpha value is -0.200. The Balaban J connectivity index is -0.000000249. The monoisotopic (exact) mass is 310 g/mol. The lowest BCUT2D eigenvalue weighted by molar-refractivity contribution is 0.0904. The van der Waals surface area contributed by atoms with Crippen molar-refractivity contribution >= 4 is 0 Å². The largest absolute Gasteiger partial charge is 0.394 e. The topological polar surface area (TPSA) is 79.2 Å². The van der Waals surface area contributed by atoms with Gasteiger partial charge in [-0.1, -0.05) is 40.0 Å². The van der Waals surface area contributed by atoms with E-state index < -0.39 is 0 Å². The van der Waals surface area contributed by atoms with Crippen molar-refractivity contribution in [3.63, 3.8) is 0 Å². The zero-order chi connectivity index (χ0) is 16.6. The van der Waals surface area contributed by atoms with Gasteiger partial charge in [0.2, 0.25) is 0 Å². The van der Waals surface area contributed by atoms with Crippen LogP contribution in [0.4, 0.5) is 0 Å². The van der Waals surface area contributed by atoms with Crippen molar-refractivity contribution < 1.29 is 24.8 Å². The Bertz CT molecular complexity index is 120. The summed E-state index contributed by atoms with van der Waals surface area (Å²) < 4.78 is 10.3. The summed E-state index contributed by atoms with van der Waals surface area (Å²) in [5.74, 6) is 0. The molecule has 0 spiro atoms. The maximum atomic E-state index is 8.24. The number of unbranched alkanes of at least 4 members (excludes halogenated alkanes) is 3. The van der Waals surface area contributed by atoms with Crippen LogP contribution in [-0.4, -0.2) is 61.6 Å². The molecule has 5 nitrogen and oxygen atoms in total. The molecule has 0 saturated carbocycles. The molecule has 0 aromatic carbocycles. The highest BCUT2D eigenvalue weighted by molar-refractivity contribution is 4.34. The lowest BCUT2D eigenvalue weighted by atomic mass is 10.3. The van der Waals surface area contributed by atoms with Crippen molar-refractivity contribution in [3.8, 4) is 0 Å². The van der Waals surface area contributed by atoms with Gasteiger partial charge in [0.15, 0.2) is 0 Å². The highest BCUT2D eigenvalue weighted by atomic mass is 16.5. The van der Waals surface area contributed by atoms with E-state index in [0.29, 0.717) is 6.61 Å². The molecule has 0 aliphatic rings. The zero-order valence-electron chi connectivity index (χ0n) is 14.4. The molecule has 0 atom stereocenters. The molecule has 3 N–H and O–H groups in total. The highest BCUT2D eigenvalue weighted by Crippen LogP contribution is 1.91. The van der Waals surface area contributed by atoms with Gasteiger partial charge in [0.25, 0.3) is 0 Å². The van der Waals surface area contributed by atoms with Crippen molar-refractivity contribution in [2.24, 2.45) is 0 Å². The van der Waals surface area contributed by atoms with Crippen LogP contribution in [0.25, 0.3) is 0 Å². The summed E-state index contributed by atoms with van der Waals surface area (Å²) in [5.41, 5.74) is 0. The van der Waals surface area contributed by atoms with Crippen LogP contribution in [0, 0.1) is 0 Å². The summed E-state index contributed by atoms with van der Waals surface area (Å²) >= 11 is 0. The van der Waals surface area contributed by atoms with Gasteiger partial charge in [0.1, 0.15) is 0 Å². The van der Waals surface area contributed by atoms with Crippen LogP contribution in [0.1, 0.15) is 59.3 Å². The average molecular weight is 310 g/mol. The maximum Gasteiger partial charge on any atom is 0.0697 e. The Morgan fingerprint density at radius 2 is 0.857 bits per heavy atom. The average Bonchev–Trinajstić information content (AvgIpc) is 2.52. The smallest absolute Gasteiger partial charge is 0.0697 e. The Morgan fingerprint density at radius 1 is 0.524 bits per heavy atom. The standard InChI is InChI=1S/C8H18O.C6H14O2.C2H6O2/c1-3-5-7-9-8-6-4-2;1-2-3-5-8-6-4-7;3-1-2-4/h3-8H2,1-2H3;7H,2-6H2,1H3;3-4H,1-2H2. The van der Waals surface area contributed by atoms with Crippen molar-refractivity contribution in [1.82, 2.24) is 0 Å². The molecular weight excluding hydrogens is 272 g/mol. The summed E-state index contributed by atoms with van der Waals surface area (Å²) in [4.78, 5) is 0. The molecule has 0 aliphatic heterocycles. The molecule has 0 saturated heterocycles. The van der Waals surface area contributed by atoms with E-state index in [1.54, 1.807) is 0 Å². The molecule has 21 heavy (non-hydrogen) atoms. The number of ether oxygens (including phenoxy) is 2. The van der Waals surface area contributed by atoms with Gasteiger partial charge in [0, 0.05) is 19.8 Å². The second kappa shape index (κ2) is 31.9. The predicted octanol–water partition coefficient (Wildman–Crippen LogP) is 2.37. The summed E-state index contributed by atoms with van der Waals surface area (Å²) in [6.07, 6.45) is 7.16. The van der Waals surface area contributed by atoms with E-state index in [2.05, 4.69) is 20.8 Å². The fraction of sp³-hybridized carbons (Fsp3) is 1.00. The summed E-state index contributed by atoms with van der Waals surface area (Å²) in [6, 6.07) is 0. The van der Waals surface area contributed by atoms with E-state index in [4.69, 9.17) is 24.8 Å². The second-order valence-electron chi connectivity index (χ2n) is 4.46. The van der Waals surface area contributed by atoms with E-state index in [-0.39, 0.29) is 19.8 Å². The van der Waals surface area contributed by atoms with Crippen LogP contribution in [0.2, 0.25) is 0 Å². The van der Waals surface area contributed by atoms with Gasteiger partial charge in [-0.15, -0.1) is 0 Å². The van der Waals surface area contributed by atoms with E-state index in [9.17, 15) is 0 Å². The van der Waals surface area contributed by atoms with Crippen molar-refractivity contribution in [1.29, 1.82) is 0 Å². The molecule has 5 heteroatoms. The van der Waals surface area contributed by atoms with E-state index in [1.807, 2.05) is 0 Å². The van der Waals surface area contributed by atoms with Crippen LogP contribution in [-0.2, 0) is 9.47 Å². The summed E-state index contributed by atoms with van der Waals surface area (Å²) in [6.45, 7) is 9.56. The summed E-state index contributed by atoms with van der Waals surface area (Å²) in [7, 11) is 0.